The van der Waals surface area contributed by atoms with Gasteiger partial charge in [0, 0.05) is 32.8 Å². The number of carbonyl (C=O) groups excluding carboxylic acids is 1. The molecule has 6 nitrogen and oxygen atoms in total. The standard InChI is InChI=1S/C13H29N3O3/c1-4-15-12(13(14)17)11-16(7-9-18-5-2)8-10-19-6-3/h12,15H,4-11H2,1-3H3,(H2,14,17). The number of hydrogen-bond acceptors (Lipinski definition) is 5. The van der Waals surface area contributed by atoms with Crippen molar-refractivity contribution in [1.82, 2.24) is 10.2 Å². The zero-order valence-corrected chi connectivity index (χ0v) is 12.5. The Balaban J connectivity index is 4.22. The second kappa shape index (κ2) is 12.3. The number of nitrogens with two attached hydrogens (primary N) is 1. The van der Waals surface area contributed by atoms with E-state index in [0.717, 1.165) is 19.6 Å². The molecule has 6 heteroatoms. The van der Waals surface area contributed by atoms with E-state index in [2.05, 4.69) is 10.2 Å². The second-order valence-corrected chi connectivity index (χ2v) is 4.21. The molecule has 0 aliphatic carbocycles. The van der Waals surface area contributed by atoms with Gasteiger partial charge in [0.25, 0.3) is 0 Å². The first-order chi connectivity index (χ1) is 9.15. The lowest BCUT2D eigenvalue weighted by molar-refractivity contribution is -0.120. The van der Waals surface area contributed by atoms with E-state index in [4.69, 9.17) is 15.2 Å². The maximum Gasteiger partial charge on any atom is 0.235 e. The average Bonchev–Trinajstić information content (AvgIpc) is 2.38. The molecule has 1 unspecified atom stereocenters. The van der Waals surface area contributed by atoms with Crippen molar-refractivity contribution in [3.63, 3.8) is 0 Å². The molecule has 0 radical (unpaired) electrons. The van der Waals surface area contributed by atoms with Crippen molar-refractivity contribution in [1.29, 1.82) is 0 Å². The number of nitrogens with one attached hydrogen (secondary N) is 1. The van der Waals surface area contributed by atoms with Gasteiger partial charge < -0.3 is 20.5 Å². The summed E-state index contributed by atoms with van der Waals surface area (Å²) in [6.07, 6.45) is 0. The molecule has 0 bridgehead atoms. The number of nitrogens with zero attached hydrogens (tertiary/aromatic N) is 1. The van der Waals surface area contributed by atoms with Gasteiger partial charge in [0.2, 0.25) is 5.91 Å². The normalized spacial score (nSPS) is 12.8. The van der Waals surface area contributed by atoms with E-state index < -0.39 is 0 Å². The molecule has 0 rings (SSSR count). The Bertz CT molecular complexity index is 217. The summed E-state index contributed by atoms with van der Waals surface area (Å²) in [4.78, 5) is 13.5. The molecule has 0 aromatic carbocycles. The lowest BCUT2D eigenvalue weighted by Gasteiger charge is -2.26. The summed E-state index contributed by atoms with van der Waals surface area (Å²) in [6, 6.07) is -0.326. The Morgan fingerprint density at radius 2 is 1.68 bits per heavy atom. The minimum Gasteiger partial charge on any atom is -0.380 e. The molecule has 0 aromatic rings. The van der Waals surface area contributed by atoms with E-state index in [1.54, 1.807) is 0 Å². The molecule has 0 aromatic heterocycles. The van der Waals surface area contributed by atoms with Crippen LogP contribution in [0.1, 0.15) is 20.8 Å². The summed E-state index contributed by atoms with van der Waals surface area (Å²) >= 11 is 0. The first-order valence-corrected chi connectivity index (χ1v) is 7.06. The van der Waals surface area contributed by atoms with Crippen molar-refractivity contribution in [2.75, 3.05) is 52.6 Å². The zero-order chi connectivity index (χ0) is 14.5. The molecule has 0 saturated carbocycles. The predicted octanol–water partition coefficient (Wildman–Crippen LogP) is -0.175. The third kappa shape index (κ3) is 9.84. The van der Waals surface area contributed by atoms with Gasteiger partial charge in [-0.15, -0.1) is 0 Å². The number of likely N-dealkylation sites (N-methyl/N-ethyl adjacent to an activating group) is 1. The van der Waals surface area contributed by atoms with Crippen molar-refractivity contribution >= 4 is 5.91 Å². The fourth-order valence-corrected chi connectivity index (χ4v) is 1.73. The monoisotopic (exact) mass is 275 g/mol. The van der Waals surface area contributed by atoms with Gasteiger partial charge in [-0.2, -0.15) is 0 Å². The average molecular weight is 275 g/mol. The molecule has 1 amide bonds. The van der Waals surface area contributed by atoms with Crippen molar-refractivity contribution in [3.8, 4) is 0 Å². The molecule has 19 heavy (non-hydrogen) atoms. The second-order valence-electron chi connectivity index (χ2n) is 4.21. The van der Waals surface area contributed by atoms with Gasteiger partial charge >= 0.3 is 0 Å². The van der Waals surface area contributed by atoms with Crippen LogP contribution in [0.2, 0.25) is 0 Å². The number of primary amides is 1. The smallest absolute Gasteiger partial charge is 0.235 e. The van der Waals surface area contributed by atoms with Gasteiger partial charge in [0.05, 0.1) is 19.3 Å². The van der Waals surface area contributed by atoms with Crippen molar-refractivity contribution < 1.29 is 14.3 Å². The van der Waals surface area contributed by atoms with E-state index in [9.17, 15) is 4.79 Å². The highest BCUT2D eigenvalue weighted by Crippen LogP contribution is 1.95. The van der Waals surface area contributed by atoms with Gasteiger partial charge in [-0.05, 0) is 20.4 Å². The first-order valence-electron chi connectivity index (χ1n) is 7.06. The van der Waals surface area contributed by atoms with Gasteiger partial charge in [-0.1, -0.05) is 6.92 Å². The van der Waals surface area contributed by atoms with E-state index in [0.29, 0.717) is 33.0 Å². The Morgan fingerprint density at radius 3 is 2.05 bits per heavy atom. The number of hydrogen-bond donors (Lipinski definition) is 2. The molecule has 0 aliphatic rings. The number of amides is 1. The molecule has 114 valence electrons. The van der Waals surface area contributed by atoms with Crippen LogP contribution < -0.4 is 11.1 Å². The van der Waals surface area contributed by atoms with Crippen LogP contribution in [0, 0.1) is 0 Å². The fourth-order valence-electron chi connectivity index (χ4n) is 1.73. The van der Waals surface area contributed by atoms with E-state index in [1.807, 2.05) is 20.8 Å². The van der Waals surface area contributed by atoms with Crippen LogP contribution in [0.5, 0.6) is 0 Å². The molecule has 0 aliphatic heterocycles. The number of carbonyl (C=O) groups is 1. The number of ether oxygens (including phenoxy) is 2. The third-order valence-corrected chi connectivity index (χ3v) is 2.75. The quantitative estimate of drug-likeness (QED) is 0.456. The van der Waals surface area contributed by atoms with Crippen LogP contribution in [0.15, 0.2) is 0 Å². The topological polar surface area (TPSA) is 76.8 Å². The summed E-state index contributed by atoms with van der Waals surface area (Å²) in [5, 5.41) is 3.10. The predicted molar refractivity (Wildman–Crippen MR) is 76.1 cm³/mol. The summed E-state index contributed by atoms with van der Waals surface area (Å²) in [5.41, 5.74) is 5.39. The highest BCUT2D eigenvalue weighted by molar-refractivity contribution is 5.80. The maximum atomic E-state index is 11.4. The van der Waals surface area contributed by atoms with Gasteiger partial charge in [0.1, 0.15) is 0 Å². The van der Waals surface area contributed by atoms with Gasteiger partial charge in [-0.3, -0.25) is 9.69 Å². The van der Waals surface area contributed by atoms with Crippen molar-refractivity contribution in [3.05, 3.63) is 0 Å². The molecular weight excluding hydrogens is 246 g/mol. The number of rotatable bonds is 13. The molecule has 0 saturated heterocycles. The van der Waals surface area contributed by atoms with Gasteiger partial charge in [-0.25, -0.2) is 0 Å². The Morgan fingerprint density at radius 1 is 1.16 bits per heavy atom. The molecule has 0 heterocycles. The van der Waals surface area contributed by atoms with E-state index >= 15 is 0 Å². The van der Waals surface area contributed by atoms with Gasteiger partial charge in [0.15, 0.2) is 0 Å². The molecule has 1 atom stereocenters. The van der Waals surface area contributed by atoms with E-state index in [1.165, 1.54) is 0 Å². The van der Waals surface area contributed by atoms with Crippen molar-refractivity contribution in [2.45, 2.75) is 26.8 Å². The zero-order valence-electron chi connectivity index (χ0n) is 12.5. The van der Waals surface area contributed by atoms with Crippen LogP contribution in [0.3, 0.4) is 0 Å². The maximum absolute atomic E-state index is 11.4. The lowest BCUT2D eigenvalue weighted by Crippen LogP contribution is -2.50. The molecule has 0 spiro atoms. The van der Waals surface area contributed by atoms with Crippen LogP contribution in [0.25, 0.3) is 0 Å². The lowest BCUT2D eigenvalue weighted by atomic mass is 10.2. The van der Waals surface area contributed by atoms with Crippen molar-refractivity contribution in [2.24, 2.45) is 5.73 Å². The Hall–Kier alpha value is -0.690. The minimum absolute atomic E-state index is 0.320. The highest BCUT2D eigenvalue weighted by atomic mass is 16.5. The summed E-state index contributed by atoms with van der Waals surface area (Å²) < 4.78 is 10.7. The molecular formula is C13H29N3O3. The van der Waals surface area contributed by atoms with Crippen LogP contribution >= 0.6 is 0 Å². The van der Waals surface area contributed by atoms with Crippen LogP contribution in [-0.4, -0.2) is 69.5 Å². The summed E-state index contributed by atoms with van der Waals surface area (Å²) in [7, 11) is 0. The van der Waals surface area contributed by atoms with Crippen LogP contribution in [-0.2, 0) is 14.3 Å². The van der Waals surface area contributed by atoms with E-state index in [-0.39, 0.29) is 11.9 Å². The molecule has 0 fully saturated rings. The Kier molecular flexibility index (Phi) is 11.9. The summed E-state index contributed by atoms with van der Waals surface area (Å²) in [5.74, 6) is -0.320. The summed E-state index contributed by atoms with van der Waals surface area (Å²) in [6.45, 7) is 11.5. The fraction of sp³-hybridized carbons (Fsp3) is 0.923. The molecule has 3 N–H and O–H groups in total. The first kappa shape index (κ1) is 18.3. The van der Waals surface area contributed by atoms with Crippen LogP contribution in [0.4, 0.5) is 0 Å². The largest absolute Gasteiger partial charge is 0.380 e. The minimum atomic E-state index is -0.326. The highest BCUT2D eigenvalue weighted by Gasteiger charge is 2.18. The Labute approximate surface area is 116 Å². The SMILES string of the molecule is CCNC(CN(CCOCC)CCOCC)C(N)=O. The third-order valence-electron chi connectivity index (χ3n) is 2.75.